The van der Waals surface area contributed by atoms with Gasteiger partial charge in [0, 0.05) is 18.1 Å². The number of benzene rings is 1. The lowest BCUT2D eigenvalue weighted by Gasteiger charge is -2.26. The van der Waals surface area contributed by atoms with Gasteiger partial charge in [0.1, 0.15) is 5.82 Å². The van der Waals surface area contributed by atoms with Crippen LogP contribution >= 0.6 is 11.6 Å². The standard InChI is InChI=1S/C11H11ClFNO3S/c12-8-1-2-10(13)9(7-8)11(15)14-3-5-18(16,17)6-4-14/h1-2,7H,3-6H2. The van der Waals surface area contributed by atoms with Crippen LogP contribution in [-0.2, 0) is 9.84 Å². The molecule has 2 rings (SSSR count). The second-order valence-electron chi connectivity index (χ2n) is 4.07. The van der Waals surface area contributed by atoms with Crippen LogP contribution in [0.4, 0.5) is 4.39 Å². The highest BCUT2D eigenvalue weighted by Crippen LogP contribution is 2.18. The molecule has 1 aliphatic heterocycles. The van der Waals surface area contributed by atoms with Gasteiger partial charge >= 0.3 is 0 Å². The van der Waals surface area contributed by atoms with E-state index >= 15 is 0 Å². The van der Waals surface area contributed by atoms with Gasteiger partial charge in [0.2, 0.25) is 0 Å². The van der Waals surface area contributed by atoms with E-state index in [1.54, 1.807) is 0 Å². The van der Waals surface area contributed by atoms with Crippen molar-refractivity contribution in [2.45, 2.75) is 0 Å². The fourth-order valence-corrected chi connectivity index (χ4v) is 3.12. The SMILES string of the molecule is O=C(c1cc(Cl)ccc1F)N1CCS(=O)(=O)CC1. The van der Waals surface area contributed by atoms with Crippen molar-refractivity contribution in [1.82, 2.24) is 4.90 Å². The van der Waals surface area contributed by atoms with Crippen LogP contribution in [0.25, 0.3) is 0 Å². The molecule has 0 unspecified atom stereocenters. The molecule has 7 heteroatoms. The lowest BCUT2D eigenvalue weighted by Crippen LogP contribution is -2.44. The number of hydrogen-bond acceptors (Lipinski definition) is 3. The predicted molar refractivity (Wildman–Crippen MR) is 66.0 cm³/mol. The van der Waals surface area contributed by atoms with E-state index < -0.39 is 21.6 Å². The maximum absolute atomic E-state index is 13.5. The van der Waals surface area contributed by atoms with Gasteiger partial charge in [-0.1, -0.05) is 11.6 Å². The normalized spacial score (nSPS) is 18.7. The summed E-state index contributed by atoms with van der Waals surface area (Å²) in [4.78, 5) is 13.3. The molecule has 0 spiro atoms. The third-order valence-corrected chi connectivity index (χ3v) is 4.63. The van der Waals surface area contributed by atoms with Gasteiger partial charge in [0.15, 0.2) is 9.84 Å². The molecule has 1 heterocycles. The Morgan fingerprint density at radius 3 is 2.50 bits per heavy atom. The number of nitrogens with zero attached hydrogens (tertiary/aromatic N) is 1. The van der Waals surface area contributed by atoms with Crippen molar-refractivity contribution in [3.05, 3.63) is 34.6 Å². The van der Waals surface area contributed by atoms with Crippen molar-refractivity contribution in [2.24, 2.45) is 0 Å². The number of sulfone groups is 1. The molecule has 1 amide bonds. The summed E-state index contributed by atoms with van der Waals surface area (Å²) >= 11 is 5.71. The summed E-state index contributed by atoms with van der Waals surface area (Å²) in [6, 6.07) is 3.73. The van der Waals surface area contributed by atoms with Crippen LogP contribution in [0.2, 0.25) is 5.02 Å². The van der Waals surface area contributed by atoms with Gasteiger partial charge in [-0.05, 0) is 18.2 Å². The average Bonchev–Trinajstić information content (AvgIpc) is 2.31. The molecule has 0 N–H and O–H groups in total. The molecule has 0 aliphatic carbocycles. The number of halogens is 2. The topological polar surface area (TPSA) is 54.5 Å². The predicted octanol–water partition coefficient (Wildman–Crippen LogP) is 1.35. The zero-order valence-corrected chi connectivity index (χ0v) is 11.0. The van der Waals surface area contributed by atoms with E-state index in [2.05, 4.69) is 0 Å². The molecule has 98 valence electrons. The van der Waals surface area contributed by atoms with E-state index in [4.69, 9.17) is 11.6 Å². The Morgan fingerprint density at radius 1 is 1.28 bits per heavy atom. The molecule has 1 fully saturated rings. The molecular formula is C11H11ClFNO3S. The van der Waals surface area contributed by atoms with Crippen molar-refractivity contribution in [3.63, 3.8) is 0 Å². The van der Waals surface area contributed by atoms with Crippen molar-refractivity contribution >= 4 is 27.3 Å². The number of rotatable bonds is 1. The highest BCUT2D eigenvalue weighted by Gasteiger charge is 2.27. The van der Waals surface area contributed by atoms with Crippen LogP contribution in [0.1, 0.15) is 10.4 Å². The lowest BCUT2D eigenvalue weighted by molar-refractivity contribution is 0.0765. The zero-order chi connectivity index (χ0) is 13.3. The summed E-state index contributed by atoms with van der Waals surface area (Å²) in [5, 5.41) is 0.268. The van der Waals surface area contributed by atoms with E-state index in [1.807, 2.05) is 0 Å². The molecule has 1 aromatic carbocycles. The lowest BCUT2D eigenvalue weighted by atomic mass is 10.2. The molecule has 0 saturated carbocycles. The van der Waals surface area contributed by atoms with Crippen molar-refractivity contribution < 1.29 is 17.6 Å². The van der Waals surface area contributed by atoms with Gasteiger partial charge in [-0.2, -0.15) is 0 Å². The molecule has 18 heavy (non-hydrogen) atoms. The Bertz CT molecular complexity index is 574. The van der Waals surface area contributed by atoms with E-state index in [0.717, 1.165) is 6.07 Å². The van der Waals surface area contributed by atoms with Gasteiger partial charge in [-0.3, -0.25) is 4.79 Å². The first-order chi connectivity index (χ1) is 8.39. The Hall–Kier alpha value is -1.14. The van der Waals surface area contributed by atoms with Crippen LogP contribution in [0.5, 0.6) is 0 Å². The largest absolute Gasteiger partial charge is 0.337 e. The third kappa shape index (κ3) is 2.81. The minimum Gasteiger partial charge on any atom is -0.337 e. The molecule has 0 radical (unpaired) electrons. The van der Waals surface area contributed by atoms with Crippen LogP contribution in [-0.4, -0.2) is 43.8 Å². The van der Waals surface area contributed by atoms with Gasteiger partial charge in [-0.25, -0.2) is 12.8 Å². The molecule has 0 bridgehead atoms. The first-order valence-corrected chi connectivity index (χ1v) is 7.54. The van der Waals surface area contributed by atoms with E-state index in [-0.39, 0.29) is 35.2 Å². The van der Waals surface area contributed by atoms with Crippen LogP contribution < -0.4 is 0 Å². The molecule has 1 aromatic rings. The third-order valence-electron chi connectivity index (χ3n) is 2.79. The van der Waals surface area contributed by atoms with Gasteiger partial charge in [-0.15, -0.1) is 0 Å². The highest BCUT2D eigenvalue weighted by molar-refractivity contribution is 7.91. The van der Waals surface area contributed by atoms with Gasteiger partial charge in [0.25, 0.3) is 5.91 Å². The fraction of sp³-hybridized carbons (Fsp3) is 0.364. The van der Waals surface area contributed by atoms with Crippen LogP contribution in [0, 0.1) is 5.82 Å². The summed E-state index contributed by atoms with van der Waals surface area (Å²) in [6.45, 7) is 0.181. The smallest absolute Gasteiger partial charge is 0.256 e. The van der Waals surface area contributed by atoms with E-state index in [9.17, 15) is 17.6 Å². The Labute approximate surface area is 109 Å². The van der Waals surface area contributed by atoms with E-state index in [0.29, 0.717) is 0 Å². The summed E-state index contributed by atoms with van der Waals surface area (Å²) in [7, 11) is -3.06. The maximum Gasteiger partial charge on any atom is 0.256 e. The second-order valence-corrected chi connectivity index (χ2v) is 6.81. The minimum atomic E-state index is -3.06. The van der Waals surface area contributed by atoms with Gasteiger partial charge < -0.3 is 4.90 Å². The molecule has 0 aromatic heterocycles. The molecule has 1 aliphatic rings. The molecule has 0 atom stereocenters. The van der Waals surface area contributed by atoms with Crippen LogP contribution in [0.15, 0.2) is 18.2 Å². The van der Waals surface area contributed by atoms with Crippen molar-refractivity contribution in [2.75, 3.05) is 24.6 Å². The molecule has 4 nitrogen and oxygen atoms in total. The number of hydrogen-bond donors (Lipinski definition) is 0. The van der Waals surface area contributed by atoms with Crippen molar-refractivity contribution in [3.8, 4) is 0 Å². The van der Waals surface area contributed by atoms with Gasteiger partial charge in [0.05, 0.1) is 17.1 Å². The number of carbonyl (C=O) groups excluding carboxylic acids is 1. The quantitative estimate of drug-likeness (QED) is 0.785. The zero-order valence-electron chi connectivity index (χ0n) is 9.40. The minimum absolute atomic E-state index is 0.0824. The highest BCUT2D eigenvalue weighted by atomic mass is 35.5. The number of carbonyl (C=O) groups is 1. The Morgan fingerprint density at radius 2 is 1.89 bits per heavy atom. The summed E-state index contributed by atoms with van der Waals surface area (Å²) in [5.74, 6) is -1.34. The average molecular weight is 292 g/mol. The maximum atomic E-state index is 13.5. The monoisotopic (exact) mass is 291 g/mol. The fourth-order valence-electron chi connectivity index (χ4n) is 1.75. The Balaban J connectivity index is 2.20. The van der Waals surface area contributed by atoms with E-state index in [1.165, 1.54) is 17.0 Å². The summed E-state index contributed by atoms with van der Waals surface area (Å²) < 4.78 is 36.0. The molecule has 1 saturated heterocycles. The van der Waals surface area contributed by atoms with Crippen LogP contribution in [0.3, 0.4) is 0 Å². The van der Waals surface area contributed by atoms with Crippen molar-refractivity contribution in [1.29, 1.82) is 0 Å². The summed E-state index contributed by atoms with van der Waals surface area (Å²) in [6.07, 6.45) is 0. The second kappa shape index (κ2) is 4.85. The summed E-state index contributed by atoms with van der Waals surface area (Å²) in [5.41, 5.74) is -0.123. The number of amides is 1. The Kier molecular flexibility index (Phi) is 3.59. The first-order valence-electron chi connectivity index (χ1n) is 5.34. The molecular weight excluding hydrogens is 281 g/mol. The first kappa shape index (κ1) is 13.3.